The topological polar surface area (TPSA) is 92.6 Å². The number of benzene rings is 1. The molecular formula is C23H18ClN3O4. The molecule has 1 aliphatic rings. The van der Waals surface area contributed by atoms with Crippen molar-refractivity contribution < 1.29 is 19.4 Å². The van der Waals surface area contributed by atoms with Gasteiger partial charge in [-0.2, -0.15) is 0 Å². The number of aromatic nitrogens is 2. The van der Waals surface area contributed by atoms with Crippen molar-refractivity contribution in [2.75, 3.05) is 7.11 Å². The molecule has 3 aromatic rings. The summed E-state index contributed by atoms with van der Waals surface area (Å²) >= 11 is 6.11. The third-order valence-electron chi connectivity index (χ3n) is 5.00. The van der Waals surface area contributed by atoms with Crippen LogP contribution in [0.2, 0.25) is 5.02 Å². The number of aliphatic hydroxyl groups excluding tert-OH is 1. The minimum atomic E-state index is -0.884. The maximum absolute atomic E-state index is 13.1. The van der Waals surface area contributed by atoms with Crippen molar-refractivity contribution in [1.82, 2.24) is 14.9 Å². The predicted molar refractivity (Wildman–Crippen MR) is 114 cm³/mol. The Balaban J connectivity index is 1.90. The number of Topliss-reactive ketones (excluding diaryl/α,β-unsaturated/α-hetero) is 1. The van der Waals surface area contributed by atoms with Crippen LogP contribution in [0.15, 0.2) is 72.7 Å². The molecule has 1 fully saturated rings. The number of rotatable bonds is 5. The van der Waals surface area contributed by atoms with Gasteiger partial charge in [0.1, 0.15) is 17.6 Å². The number of carbonyl (C=O) groups excluding carboxylic acids is 2. The van der Waals surface area contributed by atoms with Crippen molar-refractivity contribution in [2.24, 2.45) is 0 Å². The van der Waals surface area contributed by atoms with Crippen LogP contribution in [0.3, 0.4) is 0 Å². The first-order chi connectivity index (χ1) is 15.0. The number of methoxy groups -OCH3 is 1. The van der Waals surface area contributed by atoms with Gasteiger partial charge in [-0.3, -0.25) is 19.6 Å². The van der Waals surface area contributed by atoms with Crippen LogP contribution >= 0.6 is 11.6 Å². The molecule has 1 aromatic carbocycles. The minimum absolute atomic E-state index is 0.0758. The fraction of sp³-hybridized carbons (Fsp3) is 0.130. The van der Waals surface area contributed by atoms with E-state index < -0.39 is 17.7 Å². The van der Waals surface area contributed by atoms with Crippen LogP contribution in [-0.2, 0) is 16.1 Å². The maximum atomic E-state index is 13.1. The highest BCUT2D eigenvalue weighted by atomic mass is 35.5. The molecule has 4 rings (SSSR count). The number of carbonyl (C=O) groups is 2. The smallest absolute Gasteiger partial charge is 0.296 e. The summed E-state index contributed by atoms with van der Waals surface area (Å²) in [6.07, 6.45) is 4.81. The van der Waals surface area contributed by atoms with Crippen LogP contribution in [0.4, 0.5) is 0 Å². The Labute approximate surface area is 183 Å². The summed E-state index contributed by atoms with van der Waals surface area (Å²) in [4.78, 5) is 35.8. The van der Waals surface area contributed by atoms with Gasteiger partial charge in [0.25, 0.3) is 11.7 Å². The SMILES string of the molecule is COc1ccc(Cl)cc1/C(O)=C1\C(=O)C(=O)N(Cc2cccnc2)[C@H]1c1ccccn1. The van der Waals surface area contributed by atoms with E-state index in [1.54, 1.807) is 55.0 Å². The number of likely N-dealkylation sites (tertiary alicyclic amines) is 1. The molecule has 31 heavy (non-hydrogen) atoms. The fourth-order valence-electron chi connectivity index (χ4n) is 3.59. The third kappa shape index (κ3) is 3.87. The van der Waals surface area contributed by atoms with Crippen molar-refractivity contribution in [3.05, 3.63) is 94.5 Å². The largest absolute Gasteiger partial charge is 0.507 e. The van der Waals surface area contributed by atoms with Gasteiger partial charge in [0.2, 0.25) is 0 Å². The molecule has 1 atom stereocenters. The summed E-state index contributed by atoms with van der Waals surface area (Å²) in [5, 5.41) is 11.5. The highest BCUT2D eigenvalue weighted by molar-refractivity contribution is 6.46. The van der Waals surface area contributed by atoms with E-state index in [4.69, 9.17) is 16.3 Å². The normalized spacial score (nSPS) is 17.7. The Hall–Kier alpha value is -3.71. The lowest BCUT2D eigenvalue weighted by atomic mass is 9.97. The molecule has 1 amide bonds. The molecule has 1 aliphatic heterocycles. The molecule has 0 unspecified atom stereocenters. The van der Waals surface area contributed by atoms with E-state index in [0.717, 1.165) is 5.56 Å². The lowest BCUT2D eigenvalue weighted by Gasteiger charge is -2.24. The first-order valence-electron chi connectivity index (χ1n) is 9.43. The van der Waals surface area contributed by atoms with Crippen LogP contribution in [0, 0.1) is 0 Å². The van der Waals surface area contributed by atoms with Crippen molar-refractivity contribution in [2.45, 2.75) is 12.6 Å². The summed E-state index contributed by atoms with van der Waals surface area (Å²) in [6, 6.07) is 12.5. The highest BCUT2D eigenvalue weighted by Crippen LogP contribution is 2.41. The number of ketones is 1. The van der Waals surface area contributed by atoms with Crippen LogP contribution in [0.5, 0.6) is 5.75 Å². The quantitative estimate of drug-likeness (QED) is 0.372. The van der Waals surface area contributed by atoms with Crippen molar-refractivity contribution in [1.29, 1.82) is 0 Å². The van der Waals surface area contributed by atoms with Crippen LogP contribution in [0.1, 0.15) is 22.9 Å². The van der Waals surface area contributed by atoms with Gasteiger partial charge in [0, 0.05) is 30.2 Å². The summed E-state index contributed by atoms with van der Waals surface area (Å²) in [7, 11) is 1.44. The molecule has 1 N–H and O–H groups in total. The van der Waals surface area contributed by atoms with E-state index in [1.807, 2.05) is 6.07 Å². The number of hydrogen-bond acceptors (Lipinski definition) is 6. The second-order valence-electron chi connectivity index (χ2n) is 6.89. The fourth-order valence-corrected chi connectivity index (χ4v) is 3.76. The summed E-state index contributed by atoms with van der Waals surface area (Å²) in [5.74, 6) is -1.59. The van der Waals surface area contributed by atoms with Crippen LogP contribution in [0.25, 0.3) is 5.76 Å². The van der Waals surface area contributed by atoms with Crippen LogP contribution < -0.4 is 4.74 Å². The zero-order chi connectivity index (χ0) is 22.0. The lowest BCUT2D eigenvalue weighted by Crippen LogP contribution is -2.29. The van der Waals surface area contributed by atoms with E-state index in [9.17, 15) is 14.7 Å². The van der Waals surface area contributed by atoms with E-state index in [1.165, 1.54) is 18.1 Å². The number of amides is 1. The number of ether oxygens (including phenoxy) is 1. The van der Waals surface area contributed by atoms with E-state index in [2.05, 4.69) is 9.97 Å². The molecule has 0 radical (unpaired) electrons. The molecular weight excluding hydrogens is 418 g/mol. The average Bonchev–Trinajstić information content (AvgIpc) is 3.04. The number of hydrogen-bond donors (Lipinski definition) is 1. The van der Waals surface area contributed by atoms with E-state index in [0.29, 0.717) is 16.5 Å². The number of aliphatic hydroxyl groups is 1. The van der Waals surface area contributed by atoms with Gasteiger partial charge in [-0.25, -0.2) is 0 Å². The molecule has 0 bridgehead atoms. The van der Waals surface area contributed by atoms with Gasteiger partial charge in [-0.15, -0.1) is 0 Å². The van der Waals surface area contributed by atoms with Gasteiger partial charge in [0.05, 0.1) is 23.9 Å². The maximum Gasteiger partial charge on any atom is 0.296 e. The number of halogens is 1. The molecule has 7 nitrogen and oxygen atoms in total. The first-order valence-corrected chi connectivity index (χ1v) is 9.81. The summed E-state index contributed by atoms with van der Waals surface area (Å²) < 4.78 is 5.32. The van der Waals surface area contributed by atoms with Crippen molar-refractivity contribution >= 4 is 29.1 Å². The minimum Gasteiger partial charge on any atom is -0.507 e. The van der Waals surface area contributed by atoms with Gasteiger partial charge >= 0.3 is 0 Å². The molecule has 156 valence electrons. The monoisotopic (exact) mass is 435 g/mol. The highest BCUT2D eigenvalue weighted by Gasteiger charge is 2.47. The molecule has 3 heterocycles. The lowest BCUT2D eigenvalue weighted by molar-refractivity contribution is -0.140. The van der Waals surface area contributed by atoms with Crippen molar-refractivity contribution in [3.63, 3.8) is 0 Å². The first kappa shape index (κ1) is 20.6. The Kier molecular flexibility index (Phi) is 5.68. The molecule has 8 heteroatoms. The Bertz CT molecular complexity index is 1170. The molecule has 0 spiro atoms. The van der Waals surface area contributed by atoms with Crippen molar-refractivity contribution in [3.8, 4) is 5.75 Å². The van der Waals surface area contributed by atoms with E-state index in [-0.39, 0.29) is 23.4 Å². The average molecular weight is 436 g/mol. The predicted octanol–water partition coefficient (Wildman–Crippen LogP) is 3.76. The van der Waals surface area contributed by atoms with Gasteiger partial charge in [-0.1, -0.05) is 23.7 Å². The Morgan fingerprint density at radius 1 is 1.16 bits per heavy atom. The van der Waals surface area contributed by atoms with Gasteiger partial charge in [-0.05, 0) is 42.0 Å². The zero-order valence-electron chi connectivity index (χ0n) is 16.5. The van der Waals surface area contributed by atoms with Gasteiger partial charge in [0.15, 0.2) is 0 Å². The summed E-state index contributed by atoms with van der Waals surface area (Å²) in [6.45, 7) is 0.128. The Morgan fingerprint density at radius 3 is 2.68 bits per heavy atom. The molecule has 0 aliphatic carbocycles. The second-order valence-corrected chi connectivity index (χ2v) is 7.32. The van der Waals surface area contributed by atoms with Gasteiger partial charge < -0.3 is 14.7 Å². The zero-order valence-corrected chi connectivity index (χ0v) is 17.3. The molecule has 1 saturated heterocycles. The molecule has 2 aromatic heterocycles. The molecule has 0 saturated carbocycles. The standard InChI is InChI=1S/C23H18ClN3O4/c1-31-18-8-7-15(24)11-16(18)21(28)19-20(17-6-2-3-10-26-17)27(23(30)22(19)29)13-14-5-4-9-25-12-14/h2-12,20,28H,13H2,1H3/b21-19+/t20-/m0/s1. The Morgan fingerprint density at radius 2 is 2.00 bits per heavy atom. The number of nitrogens with zero attached hydrogens (tertiary/aromatic N) is 3. The van der Waals surface area contributed by atoms with E-state index >= 15 is 0 Å². The third-order valence-corrected chi connectivity index (χ3v) is 5.24. The van der Waals surface area contributed by atoms with Crippen LogP contribution in [-0.4, -0.2) is 38.8 Å². The second kappa shape index (κ2) is 8.57. The number of pyridine rings is 2. The summed E-state index contributed by atoms with van der Waals surface area (Å²) in [5.41, 5.74) is 1.34.